The Labute approximate surface area is 95.8 Å². The van der Waals surface area contributed by atoms with Crippen LogP contribution in [0.25, 0.3) is 0 Å². The van der Waals surface area contributed by atoms with Crippen molar-refractivity contribution in [3.8, 4) is 0 Å². The number of likely N-dealkylation sites (tertiary alicyclic amines) is 1. The van der Waals surface area contributed by atoms with E-state index >= 15 is 0 Å². The Hall–Kier alpha value is -0.260. The molecule has 1 atom stereocenters. The number of rotatable bonds is 2. The highest BCUT2D eigenvalue weighted by molar-refractivity contribution is 4.84. The Balaban J connectivity index is 1.80. The molecule has 2 heterocycles. The molecular formula is C11H21F2N3. The summed E-state index contributed by atoms with van der Waals surface area (Å²) in [4.78, 5) is 4.16. The van der Waals surface area contributed by atoms with Gasteiger partial charge in [0.25, 0.3) is 5.92 Å². The van der Waals surface area contributed by atoms with E-state index in [-0.39, 0.29) is 13.0 Å². The van der Waals surface area contributed by atoms with Crippen LogP contribution >= 0.6 is 0 Å². The molecule has 0 aromatic carbocycles. The van der Waals surface area contributed by atoms with Crippen molar-refractivity contribution in [3.63, 3.8) is 0 Å². The second-order valence-electron chi connectivity index (χ2n) is 5.11. The number of halogens is 2. The first kappa shape index (κ1) is 12.2. The number of piperidine rings is 1. The van der Waals surface area contributed by atoms with Crippen molar-refractivity contribution in [1.29, 1.82) is 0 Å². The standard InChI is InChI=1S/C11H21F2N3/c1-15-6-4-14-10(7-15)8-16-5-2-3-11(12,13)9-16/h10,14H,2-9H2,1H3. The van der Waals surface area contributed by atoms with Gasteiger partial charge in [-0.2, -0.15) is 0 Å². The van der Waals surface area contributed by atoms with Crippen LogP contribution in [-0.4, -0.2) is 68.1 Å². The summed E-state index contributed by atoms with van der Waals surface area (Å²) in [5.74, 6) is -2.47. The van der Waals surface area contributed by atoms with Gasteiger partial charge in [-0.05, 0) is 20.0 Å². The highest BCUT2D eigenvalue weighted by Gasteiger charge is 2.35. The molecule has 0 bridgehead atoms. The third kappa shape index (κ3) is 3.37. The monoisotopic (exact) mass is 233 g/mol. The average molecular weight is 233 g/mol. The van der Waals surface area contributed by atoms with E-state index in [1.807, 2.05) is 4.90 Å². The minimum atomic E-state index is -2.47. The molecule has 2 saturated heterocycles. The summed E-state index contributed by atoms with van der Waals surface area (Å²) < 4.78 is 26.4. The summed E-state index contributed by atoms with van der Waals surface area (Å²) >= 11 is 0. The highest BCUT2D eigenvalue weighted by Crippen LogP contribution is 2.26. The van der Waals surface area contributed by atoms with Crippen molar-refractivity contribution in [1.82, 2.24) is 15.1 Å². The minimum absolute atomic E-state index is 0.0570. The molecule has 0 spiro atoms. The van der Waals surface area contributed by atoms with Gasteiger partial charge < -0.3 is 10.2 Å². The molecule has 0 aliphatic carbocycles. The number of likely N-dealkylation sites (N-methyl/N-ethyl adjacent to an activating group) is 1. The second-order valence-corrected chi connectivity index (χ2v) is 5.11. The number of nitrogens with zero attached hydrogens (tertiary/aromatic N) is 2. The Morgan fingerprint density at radius 1 is 1.38 bits per heavy atom. The third-order valence-corrected chi connectivity index (χ3v) is 3.41. The lowest BCUT2D eigenvalue weighted by Crippen LogP contribution is -2.55. The van der Waals surface area contributed by atoms with Crippen LogP contribution in [0.4, 0.5) is 8.78 Å². The Morgan fingerprint density at radius 3 is 2.88 bits per heavy atom. The predicted molar refractivity (Wildman–Crippen MR) is 59.9 cm³/mol. The second kappa shape index (κ2) is 4.94. The molecule has 0 amide bonds. The highest BCUT2D eigenvalue weighted by atomic mass is 19.3. The molecule has 0 aromatic rings. The molecule has 2 rings (SSSR count). The van der Waals surface area contributed by atoms with Crippen LogP contribution < -0.4 is 5.32 Å². The van der Waals surface area contributed by atoms with Crippen molar-refractivity contribution in [2.24, 2.45) is 0 Å². The van der Waals surface area contributed by atoms with Gasteiger partial charge in [0.1, 0.15) is 0 Å². The SMILES string of the molecule is CN1CCNC(CN2CCCC(F)(F)C2)C1. The number of hydrogen-bond acceptors (Lipinski definition) is 3. The van der Waals surface area contributed by atoms with Crippen LogP contribution in [0.15, 0.2) is 0 Å². The molecule has 0 radical (unpaired) electrons. The lowest BCUT2D eigenvalue weighted by atomic mass is 10.1. The molecule has 2 fully saturated rings. The molecule has 94 valence electrons. The maximum absolute atomic E-state index is 13.2. The van der Waals surface area contributed by atoms with E-state index in [0.717, 1.165) is 32.7 Å². The first-order valence-corrected chi connectivity index (χ1v) is 6.07. The van der Waals surface area contributed by atoms with E-state index in [0.29, 0.717) is 12.5 Å². The van der Waals surface area contributed by atoms with Gasteiger partial charge in [0, 0.05) is 38.6 Å². The Kier molecular flexibility index (Phi) is 3.77. The largest absolute Gasteiger partial charge is 0.310 e. The van der Waals surface area contributed by atoms with E-state index in [4.69, 9.17) is 0 Å². The fourth-order valence-electron chi connectivity index (χ4n) is 2.63. The number of hydrogen-bond donors (Lipinski definition) is 1. The molecule has 1 unspecified atom stereocenters. The summed E-state index contributed by atoms with van der Waals surface area (Å²) in [6, 6.07) is 0.340. The van der Waals surface area contributed by atoms with Crippen LogP contribution in [-0.2, 0) is 0 Å². The zero-order valence-corrected chi connectivity index (χ0v) is 9.88. The quantitative estimate of drug-likeness (QED) is 0.754. The Morgan fingerprint density at radius 2 is 2.19 bits per heavy atom. The number of alkyl halides is 2. The van der Waals surface area contributed by atoms with Gasteiger partial charge in [0.2, 0.25) is 0 Å². The molecule has 16 heavy (non-hydrogen) atoms. The third-order valence-electron chi connectivity index (χ3n) is 3.41. The van der Waals surface area contributed by atoms with Crippen molar-refractivity contribution < 1.29 is 8.78 Å². The molecule has 2 aliphatic rings. The van der Waals surface area contributed by atoms with E-state index in [2.05, 4.69) is 17.3 Å². The zero-order valence-electron chi connectivity index (χ0n) is 9.88. The van der Waals surface area contributed by atoms with Gasteiger partial charge in [-0.3, -0.25) is 4.90 Å². The van der Waals surface area contributed by atoms with Gasteiger partial charge in [0.15, 0.2) is 0 Å². The van der Waals surface area contributed by atoms with Crippen molar-refractivity contribution in [2.75, 3.05) is 46.3 Å². The molecule has 1 N–H and O–H groups in total. The van der Waals surface area contributed by atoms with Crippen LogP contribution in [0.3, 0.4) is 0 Å². The van der Waals surface area contributed by atoms with E-state index < -0.39 is 5.92 Å². The predicted octanol–water partition coefficient (Wildman–Crippen LogP) is 0.621. The molecule has 5 heteroatoms. The first-order valence-electron chi connectivity index (χ1n) is 6.07. The minimum Gasteiger partial charge on any atom is -0.310 e. The number of piperazine rings is 1. The normalized spacial score (nSPS) is 32.8. The van der Waals surface area contributed by atoms with Gasteiger partial charge in [0.05, 0.1) is 6.54 Å². The topological polar surface area (TPSA) is 18.5 Å². The molecule has 3 nitrogen and oxygen atoms in total. The molecule has 2 aliphatic heterocycles. The molecule has 0 saturated carbocycles. The van der Waals surface area contributed by atoms with Crippen LogP contribution in [0.2, 0.25) is 0 Å². The summed E-state index contributed by atoms with van der Waals surface area (Å²) in [6.07, 6.45) is 0.678. The maximum atomic E-state index is 13.2. The summed E-state index contributed by atoms with van der Waals surface area (Å²) in [5.41, 5.74) is 0. The van der Waals surface area contributed by atoms with Crippen LogP contribution in [0.1, 0.15) is 12.8 Å². The first-order chi connectivity index (χ1) is 7.55. The summed E-state index contributed by atoms with van der Waals surface area (Å²) in [6.45, 7) is 4.48. The van der Waals surface area contributed by atoms with Gasteiger partial charge in [-0.15, -0.1) is 0 Å². The summed E-state index contributed by atoms with van der Waals surface area (Å²) in [7, 11) is 2.08. The van der Waals surface area contributed by atoms with Gasteiger partial charge in [-0.25, -0.2) is 8.78 Å². The van der Waals surface area contributed by atoms with Crippen molar-refractivity contribution in [2.45, 2.75) is 24.8 Å². The Bertz CT molecular complexity index is 235. The average Bonchev–Trinajstić information content (AvgIpc) is 2.15. The fraction of sp³-hybridized carbons (Fsp3) is 1.00. The smallest absolute Gasteiger partial charge is 0.260 e. The lowest BCUT2D eigenvalue weighted by molar-refractivity contribution is -0.0665. The van der Waals surface area contributed by atoms with Gasteiger partial charge in [-0.1, -0.05) is 0 Å². The van der Waals surface area contributed by atoms with Crippen molar-refractivity contribution >= 4 is 0 Å². The number of nitrogens with one attached hydrogen (secondary N) is 1. The zero-order chi connectivity index (χ0) is 11.6. The molecular weight excluding hydrogens is 212 g/mol. The van der Waals surface area contributed by atoms with Crippen LogP contribution in [0, 0.1) is 0 Å². The molecule has 0 aromatic heterocycles. The summed E-state index contributed by atoms with van der Waals surface area (Å²) in [5, 5.41) is 3.40. The van der Waals surface area contributed by atoms with Crippen LogP contribution in [0.5, 0.6) is 0 Å². The van der Waals surface area contributed by atoms with E-state index in [1.54, 1.807) is 0 Å². The fourth-order valence-corrected chi connectivity index (χ4v) is 2.63. The van der Waals surface area contributed by atoms with Crippen molar-refractivity contribution in [3.05, 3.63) is 0 Å². The van der Waals surface area contributed by atoms with Gasteiger partial charge >= 0.3 is 0 Å². The van der Waals surface area contributed by atoms with E-state index in [1.165, 1.54) is 0 Å². The lowest BCUT2D eigenvalue weighted by Gasteiger charge is -2.38. The van der Waals surface area contributed by atoms with E-state index in [9.17, 15) is 8.78 Å². The maximum Gasteiger partial charge on any atom is 0.260 e.